The monoisotopic (exact) mass is 283 g/mol. The lowest BCUT2D eigenvalue weighted by molar-refractivity contribution is 1.38. The van der Waals surface area contributed by atoms with Gasteiger partial charge in [-0.05, 0) is 22.6 Å². The minimum absolute atomic E-state index is 1.11. The summed E-state index contributed by atoms with van der Waals surface area (Å²) in [6.07, 6.45) is 0. The SMILES string of the molecule is C[Si](C)(C)c1nc(I)cs1. The summed E-state index contributed by atoms with van der Waals surface area (Å²) in [6, 6.07) is 0. The number of thiazole rings is 1. The zero-order valence-electron chi connectivity index (χ0n) is 6.31. The number of hydrogen-bond acceptors (Lipinski definition) is 2. The quantitative estimate of drug-likeness (QED) is 0.569. The molecule has 0 aliphatic carbocycles. The van der Waals surface area contributed by atoms with E-state index in [2.05, 4.69) is 52.6 Å². The van der Waals surface area contributed by atoms with Gasteiger partial charge < -0.3 is 0 Å². The van der Waals surface area contributed by atoms with Gasteiger partial charge in [-0.25, -0.2) is 4.98 Å². The predicted octanol–water partition coefficient (Wildman–Crippen LogP) is 2.29. The fourth-order valence-corrected chi connectivity index (χ4v) is 4.07. The van der Waals surface area contributed by atoms with E-state index in [1.54, 1.807) is 11.3 Å². The van der Waals surface area contributed by atoms with Crippen molar-refractivity contribution in [2.45, 2.75) is 19.6 Å². The van der Waals surface area contributed by atoms with Crippen LogP contribution in [-0.4, -0.2) is 13.1 Å². The van der Waals surface area contributed by atoms with Crippen molar-refractivity contribution in [3.05, 3.63) is 9.08 Å². The summed E-state index contributed by atoms with van der Waals surface area (Å²) in [7, 11) is -1.11. The third-order valence-corrected chi connectivity index (χ3v) is 6.33. The zero-order chi connectivity index (χ0) is 7.78. The van der Waals surface area contributed by atoms with Crippen LogP contribution >= 0.6 is 33.9 Å². The summed E-state index contributed by atoms with van der Waals surface area (Å²) in [5.74, 6) is 0. The second-order valence-corrected chi connectivity index (χ2v) is 10.5. The predicted molar refractivity (Wildman–Crippen MR) is 57.8 cm³/mol. The molecule has 0 unspecified atom stereocenters. The Labute approximate surface area is 80.0 Å². The van der Waals surface area contributed by atoms with Crippen molar-refractivity contribution in [1.29, 1.82) is 0 Å². The van der Waals surface area contributed by atoms with E-state index < -0.39 is 8.07 Å². The van der Waals surface area contributed by atoms with Gasteiger partial charge >= 0.3 is 0 Å². The highest BCUT2D eigenvalue weighted by molar-refractivity contribution is 14.1. The van der Waals surface area contributed by atoms with Gasteiger partial charge in [-0.1, -0.05) is 19.6 Å². The third kappa shape index (κ3) is 2.03. The Morgan fingerprint density at radius 3 is 2.30 bits per heavy atom. The molecule has 56 valence electrons. The Balaban J connectivity index is 2.96. The van der Waals surface area contributed by atoms with Crippen LogP contribution in [0.15, 0.2) is 5.38 Å². The lowest BCUT2D eigenvalue weighted by Crippen LogP contribution is -2.37. The lowest BCUT2D eigenvalue weighted by atomic mass is 11.0. The number of halogens is 1. The molecule has 1 nitrogen and oxygen atoms in total. The Hall–Kier alpha value is 0.577. The minimum Gasteiger partial charge on any atom is -0.240 e. The van der Waals surface area contributed by atoms with Gasteiger partial charge in [0.05, 0.1) is 4.63 Å². The van der Waals surface area contributed by atoms with Crippen LogP contribution in [0, 0.1) is 3.70 Å². The molecule has 0 fully saturated rings. The second kappa shape index (κ2) is 2.90. The van der Waals surface area contributed by atoms with Gasteiger partial charge in [-0.2, -0.15) is 0 Å². The summed E-state index contributed by atoms with van der Waals surface area (Å²) in [6.45, 7) is 6.96. The summed E-state index contributed by atoms with van der Waals surface area (Å²) in [4.78, 5) is 4.45. The summed E-state index contributed by atoms with van der Waals surface area (Å²) < 4.78 is 2.50. The van der Waals surface area contributed by atoms with E-state index in [1.165, 1.54) is 4.63 Å². The smallest absolute Gasteiger partial charge is 0.114 e. The number of hydrogen-bond donors (Lipinski definition) is 0. The first-order valence-electron chi connectivity index (χ1n) is 3.11. The van der Waals surface area contributed by atoms with Crippen molar-refractivity contribution >= 4 is 46.6 Å². The topological polar surface area (TPSA) is 12.9 Å². The molecule has 0 amide bonds. The maximum atomic E-state index is 4.45. The van der Waals surface area contributed by atoms with Crippen LogP contribution in [-0.2, 0) is 0 Å². The number of aromatic nitrogens is 1. The van der Waals surface area contributed by atoms with Gasteiger partial charge in [0.1, 0.15) is 11.8 Å². The molecule has 0 radical (unpaired) electrons. The Morgan fingerprint density at radius 2 is 2.10 bits per heavy atom. The molecule has 0 aromatic carbocycles. The van der Waals surface area contributed by atoms with Crippen molar-refractivity contribution in [2.24, 2.45) is 0 Å². The fourth-order valence-electron chi connectivity index (χ4n) is 0.599. The highest BCUT2D eigenvalue weighted by atomic mass is 127. The van der Waals surface area contributed by atoms with Crippen LogP contribution in [0.25, 0.3) is 0 Å². The number of rotatable bonds is 1. The molecule has 1 rings (SSSR count). The molecule has 1 aromatic heterocycles. The molecule has 0 atom stereocenters. The van der Waals surface area contributed by atoms with Crippen molar-refractivity contribution in [3.8, 4) is 0 Å². The molecular formula is C6H10INSSi. The largest absolute Gasteiger partial charge is 0.240 e. The third-order valence-electron chi connectivity index (χ3n) is 1.12. The maximum Gasteiger partial charge on any atom is 0.114 e. The average Bonchev–Trinajstić information content (AvgIpc) is 2.11. The summed E-state index contributed by atoms with van der Waals surface area (Å²) in [5, 5.41) is 2.12. The molecule has 1 heterocycles. The highest BCUT2D eigenvalue weighted by Gasteiger charge is 2.19. The van der Waals surface area contributed by atoms with Crippen LogP contribution in [0.4, 0.5) is 0 Å². The molecular weight excluding hydrogens is 273 g/mol. The molecule has 0 aliphatic heterocycles. The van der Waals surface area contributed by atoms with Crippen molar-refractivity contribution in [1.82, 2.24) is 4.98 Å². The normalized spacial score (nSPS) is 12.0. The van der Waals surface area contributed by atoms with Crippen LogP contribution in [0.5, 0.6) is 0 Å². The van der Waals surface area contributed by atoms with E-state index in [9.17, 15) is 0 Å². The number of nitrogens with zero attached hydrogens (tertiary/aromatic N) is 1. The van der Waals surface area contributed by atoms with E-state index in [0.29, 0.717) is 0 Å². The van der Waals surface area contributed by atoms with Crippen LogP contribution in [0.3, 0.4) is 0 Å². The Morgan fingerprint density at radius 1 is 1.50 bits per heavy atom. The first kappa shape index (κ1) is 8.67. The summed E-state index contributed by atoms with van der Waals surface area (Å²) >= 11 is 4.06. The van der Waals surface area contributed by atoms with E-state index in [-0.39, 0.29) is 0 Å². The fraction of sp³-hybridized carbons (Fsp3) is 0.500. The second-order valence-electron chi connectivity index (χ2n) is 3.23. The van der Waals surface area contributed by atoms with E-state index >= 15 is 0 Å². The first-order valence-corrected chi connectivity index (χ1v) is 8.57. The van der Waals surface area contributed by atoms with E-state index in [1.807, 2.05) is 0 Å². The van der Waals surface area contributed by atoms with Gasteiger partial charge in [0.2, 0.25) is 0 Å². The standard InChI is InChI=1S/C6H10INSSi/c1-10(2,3)6-8-5(7)4-9-6/h4H,1-3H3. The molecule has 0 N–H and O–H groups in total. The van der Waals surface area contributed by atoms with Crippen molar-refractivity contribution in [3.63, 3.8) is 0 Å². The van der Waals surface area contributed by atoms with Crippen LogP contribution < -0.4 is 4.63 Å². The Kier molecular flexibility index (Phi) is 2.52. The molecule has 0 bridgehead atoms. The van der Waals surface area contributed by atoms with Gasteiger partial charge in [-0.15, -0.1) is 11.3 Å². The van der Waals surface area contributed by atoms with Crippen LogP contribution in [0.2, 0.25) is 19.6 Å². The van der Waals surface area contributed by atoms with Gasteiger partial charge in [0, 0.05) is 5.38 Å². The maximum absolute atomic E-state index is 4.45. The molecule has 0 aliphatic rings. The highest BCUT2D eigenvalue weighted by Crippen LogP contribution is 2.08. The van der Waals surface area contributed by atoms with E-state index in [0.717, 1.165) is 3.70 Å². The molecule has 4 heteroatoms. The van der Waals surface area contributed by atoms with E-state index in [4.69, 9.17) is 0 Å². The van der Waals surface area contributed by atoms with Crippen molar-refractivity contribution < 1.29 is 0 Å². The zero-order valence-corrected chi connectivity index (χ0v) is 10.3. The minimum atomic E-state index is -1.11. The average molecular weight is 283 g/mol. The van der Waals surface area contributed by atoms with Crippen molar-refractivity contribution in [2.75, 3.05) is 0 Å². The summed E-state index contributed by atoms with van der Waals surface area (Å²) in [5.41, 5.74) is 0. The molecule has 0 saturated heterocycles. The Bertz CT molecular complexity index is 228. The molecule has 0 saturated carbocycles. The van der Waals surface area contributed by atoms with Gasteiger partial charge in [0.25, 0.3) is 0 Å². The molecule has 1 aromatic rings. The molecule has 0 spiro atoms. The van der Waals surface area contributed by atoms with Crippen LogP contribution in [0.1, 0.15) is 0 Å². The first-order chi connectivity index (χ1) is 4.50. The molecule has 10 heavy (non-hydrogen) atoms. The van der Waals surface area contributed by atoms with Gasteiger partial charge in [0.15, 0.2) is 0 Å². The lowest BCUT2D eigenvalue weighted by Gasteiger charge is -2.09. The van der Waals surface area contributed by atoms with Gasteiger partial charge in [-0.3, -0.25) is 0 Å².